The number of nitrogens with one attached hydrogen (secondary N) is 1. The number of nitrogens with zero attached hydrogens (tertiary/aromatic N) is 2. The van der Waals surface area contributed by atoms with Crippen LogP contribution in [0.4, 0.5) is 5.82 Å². The van der Waals surface area contributed by atoms with E-state index in [-0.39, 0.29) is 0 Å². The fourth-order valence-corrected chi connectivity index (χ4v) is 3.17. The lowest BCUT2D eigenvalue weighted by molar-refractivity contribution is 0.450. The van der Waals surface area contributed by atoms with Crippen LogP contribution < -0.4 is 10.2 Å². The van der Waals surface area contributed by atoms with Crippen LogP contribution in [0, 0.1) is 5.92 Å². The largest absolute Gasteiger partial charge is 0.354 e. The van der Waals surface area contributed by atoms with Gasteiger partial charge in [0.05, 0.1) is 0 Å². The highest BCUT2D eigenvalue weighted by atomic mass is 15.2. The molecule has 1 aromatic rings. The third-order valence-electron chi connectivity index (χ3n) is 4.30. The maximum atomic E-state index is 4.65. The Kier molecular flexibility index (Phi) is 6.74. The van der Waals surface area contributed by atoms with E-state index in [1.165, 1.54) is 30.6 Å². The van der Waals surface area contributed by atoms with Gasteiger partial charge < -0.3 is 10.2 Å². The summed E-state index contributed by atoms with van der Waals surface area (Å²) < 4.78 is 0. The Morgan fingerprint density at radius 2 is 2.19 bits per heavy atom. The average Bonchev–Trinajstić information content (AvgIpc) is 2.54. The van der Waals surface area contributed by atoms with Crippen LogP contribution in [0.5, 0.6) is 0 Å². The minimum atomic E-state index is 0.767. The van der Waals surface area contributed by atoms with Crippen molar-refractivity contribution in [2.75, 3.05) is 31.1 Å². The summed E-state index contributed by atoms with van der Waals surface area (Å²) in [6.07, 6.45) is 10.1. The van der Waals surface area contributed by atoms with Crippen molar-refractivity contribution in [3.8, 4) is 0 Å². The Morgan fingerprint density at radius 1 is 1.38 bits per heavy atom. The number of hydrogen-bond acceptors (Lipinski definition) is 3. The van der Waals surface area contributed by atoms with E-state index in [9.17, 15) is 0 Å². The molecule has 1 atom stereocenters. The summed E-state index contributed by atoms with van der Waals surface area (Å²) in [6.45, 7) is 10.4. The number of anilines is 1. The highest BCUT2D eigenvalue weighted by Gasteiger charge is 2.16. The van der Waals surface area contributed by atoms with Crippen molar-refractivity contribution in [3.63, 3.8) is 0 Å². The van der Waals surface area contributed by atoms with Crippen molar-refractivity contribution in [1.29, 1.82) is 0 Å². The van der Waals surface area contributed by atoms with Crippen LogP contribution >= 0.6 is 0 Å². The highest BCUT2D eigenvalue weighted by Crippen LogP contribution is 2.24. The molecule has 0 bridgehead atoms. The molecular formula is C18H29N3. The third kappa shape index (κ3) is 4.85. The normalized spacial score (nSPS) is 16.7. The van der Waals surface area contributed by atoms with Crippen molar-refractivity contribution in [3.05, 3.63) is 36.5 Å². The Bertz CT molecular complexity index is 424. The third-order valence-corrected chi connectivity index (χ3v) is 4.30. The van der Waals surface area contributed by atoms with Crippen LogP contribution in [0.15, 0.2) is 31.0 Å². The van der Waals surface area contributed by atoms with E-state index >= 15 is 0 Å². The summed E-state index contributed by atoms with van der Waals surface area (Å²) in [4.78, 5) is 7.08. The van der Waals surface area contributed by atoms with Crippen LogP contribution in [0.1, 0.15) is 38.2 Å². The summed E-state index contributed by atoms with van der Waals surface area (Å²) in [6, 6.07) is 4.32. The standard InChI is InChI=1S/C18H29N3/c1-3-6-16(7-4-2)9-10-17-8-5-11-20-18(17)21-14-12-19-13-15-21/h3,5,8,11,16,19H,1,4,6-7,9-10,12-15H2,2H3. The van der Waals surface area contributed by atoms with Gasteiger partial charge in [0, 0.05) is 32.4 Å². The first-order valence-corrected chi connectivity index (χ1v) is 8.35. The monoisotopic (exact) mass is 287 g/mol. The molecule has 2 rings (SSSR count). The molecule has 0 amide bonds. The number of pyridine rings is 1. The SMILES string of the molecule is C=CCC(CCC)CCc1cccnc1N1CCNCC1. The Hall–Kier alpha value is -1.35. The molecule has 3 nitrogen and oxygen atoms in total. The second-order valence-corrected chi connectivity index (χ2v) is 5.94. The molecule has 0 radical (unpaired) electrons. The van der Waals surface area contributed by atoms with Crippen molar-refractivity contribution < 1.29 is 0 Å². The van der Waals surface area contributed by atoms with E-state index in [2.05, 4.69) is 46.9 Å². The van der Waals surface area contributed by atoms with E-state index in [4.69, 9.17) is 0 Å². The molecular weight excluding hydrogens is 258 g/mol. The molecule has 1 aromatic heterocycles. The predicted octanol–water partition coefficient (Wildman–Crippen LogP) is 3.42. The molecule has 1 aliphatic rings. The van der Waals surface area contributed by atoms with Gasteiger partial charge >= 0.3 is 0 Å². The summed E-state index contributed by atoms with van der Waals surface area (Å²) in [5, 5.41) is 3.41. The fourth-order valence-electron chi connectivity index (χ4n) is 3.17. The minimum Gasteiger partial charge on any atom is -0.354 e. The maximum absolute atomic E-state index is 4.65. The zero-order valence-electron chi connectivity index (χ0n) is 13.4. The lowest BCUT2D eigenvalue weighted by Gasteiger charge is -2.30. The van der Waals surface area contributed by atoms with Gasteiger partial charge in [0.15, 0.2) is 0 Å². The van der Waals surface area contributed by atoms with Crippen LogP contribution in [-0.2, 0) is 6.42 Å². The number of allylic oxidation sites excluding steroid dienone is 1. The van der Waals surface area contributed by atoms with Gasteiger partial charge in [0.2, 0.25) is 0 Å². The van der Waals surface area contributed by atoms with Crippen molar-refractivity contribution in [2.24, 2.45) is 5.92 Å². The predicted molar refractivity (Wildman–Crippen MR) is 90.9 cm³/mol. The van der Waals surface area contributed by atoms with Crippen molar-refractivity contribution >= 4 is 5.82 Å². The van der Waals surface area contributed by atoms with Gasteiger partial charge in [-0.25, -0.2) is 4.98 Å². The topological polar surface area (TPSA) is 28.2 Å². The molecule has 0 saturated carbocycles. The number of aromatic nitrogens is 1. The highest BCUT2D eigenvalue weighted by molar-refractivity contribution is 5.47. The van der Waals surface area contributed by atoms with Crippen LogP contribution in [0.25, 0.3) is 0 Å². The van der Waals surface area contributed by atoms with E-state index in [0.717, 1.165) is 44.9 Å². The van der Waals surface area contributed by atoms with E-state index in [1.54, 1.807) is 0 Å². The molecule has 0 aliphatic carbocycles. The van der Waals surface area contributed by atoms with Crippen LogP contribution in [-0.4, -0.2) is 31.2 Å². The first kappa shape index (κ1) is 16.0. The molecule has 1 saturated heterocycles. The van der Waals surface area contributed by atoms with Crippen molar-refractivity contribution in [1.82, 2.24) is 10.3 Å². The Morgan fingerprint density at radius 3 is 2.90 bits per heavy atom. The van der Waals surface area contributed by atoms with Gasteiger partial charge in [0.25, 0.3) is 0 Å². The Balaban J connectivity index is 2.00. The van der Waals surface area contributed by atoms with Crippen LogP contribution in [0.3, 0.4) is 0 Å². The molecule has 3 heteroatoms. The van der Waals surface area contributed by atoms with Gasteiger partial charge in [-0.15, -0.1) is 6.58 Å². The minimum absolute atomic E-state index is 0.767. The number of aryl methyl sites for hydroxylation is 1. The van der Waals surface area contributed by atoms with Gasteiger partial charge in [-0.05, 0) is 36.8 Å². The van der Waals surface area contributed by atoms with Gasteiger partial charge in [-0.2, -0.15) is 0 Å². The molecule has 21 heavy (non-hydrogen) atoms. The smallest absolute Gasteiger partial charge is 0.131 e. The fraction of sp³-hybridized carbons (Fsp3) is 0.611. The lowest BCUT2D eigenvalue weighted by atomic mass is 9.92. The summed E-state index contributed by atoms with van der Waals surface area (Å²) in [5.41, 5.74) is 1.41. The molecule has 0 aromatic carbocycles. The lowest BCUT2D eigenvalue weighted by Crippen LogP contribution is -2.44. The summed E-state index contributed by atoms with van der Waals surface area (Å²) in [5.74, 6) is 1.97. The maximum Gasteiger partial charge on any atom is 0.131 e. The average molecular weight is 287 g/mol. The Labute approximate surface area is 129 Å². The summed E-state index contributed by atoms with van der Waals surface area (Å²) >= 11 is 0. The second kappa shape index (κ2) is 8.83. The molecule has 1 fully saturated rings. The molecule has 0 spiro atoms. The van der Waals surface area contributed by atoms with Crippen LogP contribution in [0.2, 0.25) is 0 Å². The van der Waals surface area contributed by atoms with Crippen molar-refractivity contribution in [2.45, 2.75) is 39.0 Å². The molecule has 116 valence electrons. The van der Waals surface area contributed by atoms with E-state index in [0.29, 0.717) is 0 Å². The number of hydrogen-bond donors (Lipinski definition) is 1. The number of piperazine rings is 1. The first-order valence-electron chi connectivity index (χ1n) is 8.35. The zero-order chi connectivity index (χ0) is 14.9. The van der Waals surface area contributed by atoms with E-state index < -0.39 is 0 Å². The molecule has 1 N–H and O–H groups in total. The zero-order valence-corrected chi connectivity index (χ0v) is 13.4. The molecule has 1 aliphatic heterocycles. The van der Waals surface area contributed by atoms with Gasteiger partial charge in [-0.1, -0.05) is 31.9 Å². The van der Waals surface area contributed by atoms with Gasteiger partial charge in [0.1, 0.15) is 5.82 Å². The quantitative estimate of drug-likeness (QED) is 0.743. The first-order chi connectivity index (χ1) is 10.3. The molecule has 2 heterocycles. The van der Waals surface area contributed by atoms with E-state index in [1.807, 2.05) is 6.20 Å². The summed E-state index contributed by atoms with van der Waals surface area (Å²) in [7, 11) is 0. The molecule has 1 unspecified atom stereocenters. The second-order valence-electron chi connectivity index (χ2n) is 5.94. The van der Waals surface area contributed by atoms with Gasteiger partial charge in [-0.3, -0.25) is 0 Å². The number of rotatable bonds is 8.